The molecule has 0 aromatic carbocycles. The minimum atomic E-state index is 0.0807. The summed E-state index contributed by atoms with van der Waals surface area (Å²) in [5, 5.41) is 3.33. The molecule has 18 heavy (non-hydrogen) atoms. The molecule has 2 fully saturated rings. The predicted octanol–water partition coefficient (Wildman–Crippen LogP) is 2.74. The summed E-state index contributed by atoms with van der Waals surface area (Å²) in [6.07, 6.45) is 9.23. The van der Waals surface area contributed by atoms with E-state index in [0.717, 1.165) is 32.1 Å². The predicted molar refractivity (Wildman–Crippen MR) is 73.8 cm³/mol. The second-order valence-electron chi connectivity index (χ2n) is 6.05. The van der Waals surface area contributed by atoms with Crippen LogP contribution in [0.2, 0.25) is 0 Å². The summed E-state index contributed by atoms with van der Waals surface area (Å²) in [5.74, 6) is 0.934. The van der Waals surface area contributed by atoms with Gasteiger partial charge in [-0.05, 0) is 45.1 Å². The van der Waals surface area contributed by atoms with Crippen LogP contribution in [-0.4, -0.2) is 38.5 Å². The van der Waals surface area contributed by atoms with E-state index in [1.165, 1.54) is 38.5 Å². The van der Waals surface area contributed by atoms with E-state index >= 15 is 0 Å². The number of hydrogen-bond donors (Lipinski definition) is 1. The van der Waals surface area contributed by atoms with Crippen molar-refractivity contribution in [3.63, 3.8) is 0 Å². The fraction of sp³-hybridized carbons (Fsp3) is 1.00. The summed E-state index contributed by atoms with van der Waals surface area (Å²) in [6, 6.07) is 0. The molecule has 1 N–H and O–H groups in total. The zero-order valence-corrected chi connectivity index (χ0v) is 12.0. The quantitative estimate of drug-likeness (QED) is 0.791. The van der Waals surface area contributed by atoms with Crippen LogP contribution in [0.4, 0.5) is 0 Å². The maximum absolute atomic E-state index is 6.42. The van der Waals surface area contributed by atoms with E-state index in [2.05, 4.69) is 12.2 Å². The first kappa shape index (κ1) is 14.3. The zero-order valence-electron chi connectivity index (χ0n) is 12.0. The lowest BCUT2D eigenvalue weighted by atomic mass is 9.77. The van der Waals surface area contributed by atoms with Gasteiger partial charge < -0.3 is 14.8 Å². The van der Waals surface area contributed by atoms with Crippen LogP contribution in [0, 0.1) is 5.92 Å². The van der Waals surface area contributed by atoms with Crippen molar-refractivity contribution >= 4 is 0 Å². The molecule has 0 bridgehead atoms. The van der Waals surface area contributed by atoms with Gasteiger partial charge in [0.15, 0.2) is 0 Å². The van der Waals surface area contributed by atoms with Crippen molar-refractivity contribution < 1.29 is 9.47 Å². The average molecular weight is 255 g/mol. The fourth-order valence-corrected chi connectivity index (χ4v) is 3.52. The van der Waals surface area contributed by atoms with Gasteiger partial charge in [-0.15, -0.1) is 0 Å². The Morgan fingerprint density at radius 1 is 1.28 bits per heavy atom. The van der Waals surface area contributed by atoms with Crippen molar-refractivity contribution in [3.05, 3.63) is 0 Å². The summed E-state index contributed by atoms with van der Waals surface area (Å²) in [7, 11) is 2.04. The standard InChI is InChI=1S/C15H29NO2/c1-3-4-13-5-8-15(9-6-13,12-16-2)18-14-7-10-17-11-14/h13-14,16H,3-12H2,1-2H3. The van der Waals surface area contributed by atoms with Crippen molar-refractivity contribution in [2.75, 3.05) is 26.8 Å². The topological polar surface area (TPSA) is 30.5 Å². The van der Waals surface area contributed by atoms with Gasteiger partial charge >= 0.3 is 0 Å². The Balaban J connectivity index is 1.87. The second-order valence-corrected chi connectivity index (χ2v) is 6.05. The molecule has 1 heterocycles. The highest BCUT2D eigenvalue weighted by Gasteiger charge is 2.38. The Bertz CT molecular complexity index is 231. The Kier molecular flexibility index (Phi) is 5.46. The number of ether oxygens (including phenoxy) is 2. The molecule has 3 nitrogen and oxygen atoms in total. The van der Waals surface area contributed by atoms with Gasteiger partial charge in [0.1, 0.15) is 0 Å². The van der Waals surface area contributed by atoms with Crippen LogP contribution in [0.3, 0.4) is 0 Å². The Labute approximate surface area is 112 Å². The van der Waals surface area contributed by atoms with E-state index in [1.807, 2.05) is 7.05 Å². The lowest BCUT2D eigenvalue weighted by molar-refractivity contribution is -0.117. The van der Waals surface area contributed by atoms with E-state index < -0.39 is 0 Å². The van der Waals surface area contributed by atoms with Gasteiger partial charge in [-0.3, -0.25) is 0 Å². The molecule has 2 rings (SSSR count). The molecule has 106 valence electrons. The largest absolute Gasteiger partial charge is 0.379 e. The van der Waals surface area contributed by atoms with E-state index in [9.17, 15) is 0 Å². The highest BCUT2D eigenvalue weighted by atomic mass is 16.6. The van der Waals surface area contributed by atoms with Gasteiger partial charge in [-0.25, -0.2) is 0 Å². The summed E-state index contributed by atoms with van der Waals surface area (Å²) in [4.78, 5) is 0. The maximum Gasteiger partial charge on any atom is 0.0838 e. The van der Waals surface area contributed by atoms with Gasteiger partial charge in [0.25, 0.3) is 0 Å². The van der Waals surface area contributed by atoms with Crippen molar-refractivity contribution in [2.24, 2.45) is 5.92 Å². The van der Waals surface area contributed by atoms with Crippen LogP contribution in [0.25, 0.3) is 0 Å². The third-order valence-corrected chi connectivity index (χ3v) is 4.52. The first-order valence-corrected chi connectivity index (χ1v) is 7.68. The molecule has 1 atom stereocenters. The minimum Gasteiger partial charge on any atom is -0.379 e. The molecule has 1 saturated carbocycles. The molecule has 0 aromatic heterocycles. The highest BCUT2D eigenvalue weighted by Crippen LogP contribution is 2.38. The maximum atomic E-state index is 6.42. The SMILES string of the molecule is CCCC1CCC(CNC)(OC2CCOC2)CC1. The highest BCUT2D eigenvalue weighted by molar-refractivity contribution is 4.90. The number of rotatable bonds is 6. The number of hydrogen-bond acceptors (Lipinski definition) is 3. The molecule has 1 unspecified atom stereocenters. The Hall–Kier alpha value is -0.120. The lowest BCUT2D eigenvalue weighted by Crippen LogP contribution is -2.47. The molecule has 1 aliphatic carbocycles. The third kappa shape index (κ3) is 3.69. The third-order valence-electron chi connectivity index (χ3n) is 4.52. The van der Waals surface area contributed by atoms with Gasteiger partial charge in [-0.1, -0.05) is 19.8 Å². The van der Waals surface area contributed by atoms with Crippen molar-refractivity contribution in [3.8, 4) is 0 Å². The number of likely N-dealkylation sites (N-methyl/N-ethyl adjacent to an activating group) is 1. The Morgan fingerprint density at radius 2 is 2.06 bits per heavy atom. The molecule has 3 heteroatoms. The molecule has 1 saturated heterocycles. The molecule has 0 aromatic rings. The summed E-state index contributed by atoms with van der Waals surface area (Å²) >= 11 is 0. The fourth-order valence-electron chi connectivity index (χ4n) is 3.52. The van der Waals surface area contributed by atoms with Crippen LogP contribution in [-0.2, 0) is 9.47 Å². The van der Waals surface area contributed by atoms with Crippen LogP contribution >= 0.6 is 0 Å². The van der Waals surface area contributed by atoms with E-state index in [4.69, 9.17) is 9.47 Å². The van der Waals surface area contributed by atoms with Crippen LogP contribution in [0.1, 0.15) is 51.9 Å². The number of nitrogens with one attached hydrogen (secondary N) is 1. The smallest absolute Gasteiger partial charge is 0.0838 e. The van der Waals surface area contributed by atoms with E-state index in [0.29, 0.717) is 6.10 Å². The summed E-state index contributed by atoms with van der Waals surface area (Å²) in [5.41, 5.74) is 0.0807. The zero-order chi connectivity index (χ0) is 12.8. The van der Waals surface area contributed by atoms with Gasteiger partial charge in [0.05, 0.1) is 18.3 Å². The molecule has 1 aliphatic heterocycles. The van der Waals surface area contributed by atoms with E-state index in [-0.39, 0.29) is 5.60 Å². The van der Waals surface area contributed by atoms with Crippen molar-refractivity contribution in [1.29, 1.82) is 0 Å². The second kappa shape index (κ2) is 6.88. The molecule has 0 spiro atoms. The molecular weight excluding hydrogens is 226 g/mol. The normalized spacial score (nSPS) is 37.0. The van der Waals surface area contributed by atoms with Gasteiger partial charge in [0.2, 0.25) is 0 Å². The van der Waals surface area contributed by atoms with Gasteiger partial charge in [0, 0.05) is 13.2 Å². The lowest BCUT2D eigenvalue weighted by Gasteiger charge is -2.41. The minimum absolute atomic E-state index is 0.0807. The summed E-state index contributed by atoms with van der Waals surface area (Å²) < 4.78 is 11.9. The van der Waals surface area contributed by atoms with Crippen LogP contribution in [0.5, 0.6) is 0 Å². The molecule has 0 radical (unpaired) electrons. The van der Waals surface area contributed by atoms with E-state index in [1.54, 1.807) is 0 Å². The van der Waals surface area contributed by atoms with Crippen molar-refractivity contribution in [2.45, 2.75) is 63.6 Å². The van der Waals surface area contributed by atoms with Crippen LogP contribution in [0.15, 0.2) is 0 Å². The first-order chi connectivity index (χ1) is 8.78. The summed E-state index contributed by atoms with van der Waals surface area (Å²) in [6.45, 7) is 4.95. The Morgan fingerprint density at radius 3 is 2.61 bits per heavy atom. The van der Waals surface area contributed by atoms with Crippen molar-refractivity contribution in [1.82, 2.24) is 5.32 Å². The van der Waals surface area contributed by atoms with Gasteiger partial charge in [-0.2, -0.15) is 0 Å². The molecule has 0 amide bonds. The average Bonchev–Trinajstić information content (AvgIpc) is 2.86. The van der Waals surface area contributed by atoms with Crippen LogP contribution < -0.4 is 5.32 Å². The monoisotopic (exact) mass is 255 g/mol. The molecular formula is C15H29NO2. The first-order valence-electron chi connectivity index (χ1n) is 7.68. The molecule has 2 aliphatic rings.